The van der Waals surface area contributed by atoms with E-state index in [2.05, 4.69) is 10.0 Å². The highest BCUT2D eigenvalue weighted by atomic mass is 32.2. The van der Waals surface area contributed by atoms with Crippen LogP contribution in [0.25, 0.3) is 0 Å². The van der Waals surface area contributed by atoms with Gasteiger partial charge in [0, 0.05) is 10.9 Å². The van der Waals surface area contributed by atoms with E-state index in [1.54, 1.807) is 17.8 Å². The Morgan fingerprint density at radius 1 is 1.23 bits per heavy atom. The second-order valence-corrected chi connectivity index (χ2v) is 8.84. The minimum Gasteiger partial charge on any atom is -0.482 e. The zero-order chi connectivity index (χ0) is 18.3. The largest absolute Gasteiger partial charge is 0.482 e. The smallest absolute Gasteiger partial charge is 0.262 e. The van der Waals surface area contributed by atoms with E-state index in [4.69, 9.17) is 4.74 Å². The lowest BCUT2D eigenvalue weighted by Gasteiger charge is -2.26. The molecule has 26 heavy (non-hydrogen) atoms. The van der Waals surface area contributed by atoms with Gasteiger partial charge in [0.05, 0.1) is 10.6 Å². The third-order valence-corrected chi connectivity index (χ3v) is 6.79. The van der Waals surface area contributed by atoms with E-state index >= 15 is 0 Å². The summed E-state index contributed by atoms with van der Waals surface area (Å²) in [5.74, 6) is 0.419. The number of nitrogens with one attached hydrogen (secondary N) is 2. The molecule has 2 aromatic carbocycles. The zero-order valence-electron chi connectivity index (χ0n) is 13.5. The Hall–Kier alpha value is -2.10. The van der Waals surface area contributed by atoms with E-state index in [1.807, 2.05) is 0 Å². The Morgan fingerprint density at radius 3 is 2.92 bits per heavy atom. The molecule has 2 aromatic rings. The van der Waals surface area contributed by atoms with E-state index in [0.29, 0.717) is 23.4 Å². The molecule has 1 atom stereocenters. The number of hydrogen-bond acceptors (Lipinski definition) is 5. The van der Waals surface area contributed by atoms with Crippen LogP contribution in [-0.2, 0) is 14.8 Å². The van der Waals surface area contributed by atoms with Gasteiger partial charge >= 0.3 is 0 Å². The Labute approximate surface area is 154 Å². The minimum absolute atomic E-state index is 0.0122. The Bertz CT molecular complexity index is 994. The number of fused-ring (bicyclic) bond motifs is 2. The maximum absolute atomic E-state index is 13.6. The van der Waals surface area contributed by atoms with E-state index in [0.717, 1.165) is 10.6 Å². The maximum atomic E-state index is 13.6. The van der Waals surface area contributed by atoms with E-state index in [1.165, 1.54) is 30.3 Å². The second kappa shape index (κ2) is 6.57. The van der Waals surface area contributed by atoms with Gasteiger partial charge in [0.1, 0.15) is 11.6 Å². The predicted molar refractivity (Wildman–Crippen MR) is 95.4 cm³/mol. The number of carbonyl (C=O) groups is 1. The van der Waals surface area contributed by atoms with Crippen LogP contribution in [0.1, 0.15) is 18.0 Å². The molecule has 2 heterocycles. The Morgan fingerprint density at radius 2 is 2.08 bits per heavy atom. The van der Waals surface area contributed by atoms with Gasteiger partial charge in [-0.1, -0.05) is 0 Å². The van der Waals surface area contributed by atoms with Crippen molar-refractivity contribution in [3.05, 3.63) is 47.8 Å². The van der Waals surface area contributed by atoms with Crippen molar-refractivity contribution >= 4 is 33.4 Å². The summed E-state index contributed by atoms with van der Waals surface area (Å²) in [4.78, 5) is 12.3. The van der Waals surface area contributed by atoms with Crippen molar-refractivity contribution in [2.24, 2.45) is 0 Å². The van der Waals surface area contributed by atoms with Gasteiger partial charge in [0.25, 0.3) is 5.91 Å². The molecular formula is C17H15FN2O4S2. The first-order valence-corrected chi connectivity index (χ1v) is 10.4. The molecule has 0 saturated carbocycles. The van der Waals surface area contributed by atoms with Crippen LogP contribution < -0.4 is 14.8 Å². The van der Waals surface area contributed by atoms with E-state index in [9.17, 15) is 17.6 Å². The summed E-state index contributed by atoms with van der Waals surface area (Å²) >= 11 is 1.58. The molecule has 0 aliphatic carbocycles. The van der Waals surface area contributed by atoms with Gasteiger partial charge in [-0.25, -0.2) is 17.5 Å². The van der Waals surface area contributed by atoms with Crippen molar-refractivity contribution in [1.29, 1.82) is 0 Å². The molecule has 2 N–H and O–H groups in total. The molecule has 2 aliphatic heterocycles. The summed E-state index contributed by atoms with van der Waals surface area (Å²) in [6, 6.07) is 8.19. The van der Waals surface area contributed by atoms with Crippen molar-refractivity contribution in [3.8, 4) is 5.75 Å². The quantitative estimate of drug-likeness (QED) is 0.836. The third-order valence-electron chi connectivity index (χ3n) is 4.20. The SMILES string of the molecule is O=C1COc2ccc(S(=O)(=O)N[C@@H]3CCSc4ccc(F)cc43)cc2N1. The van der Waals surface area contributed by atoms with Crippen LogP contribution in [0.3, 0.4) is 0 Å². The molecular weight excluding hydrogens is 379 g/mol. The molecule has 0 aromatic heterocycles. The molecule has 9 heteroatoms. The average Bonchev–Trinajstić information content (AvgIpc) is 2.61. The van der Waals surface area contributed by atoms with Crippen molar-refractivity contribution in [2.75, 3.05) is 17.7 Å². The number of rotatable bonds is 3. The van der Waals surface area contributed by atoms with Crippen LogP contribution in [0, 0.1) is 5.82 Å². The Kier molecular flexibility index (Phi) is 4.37. The molecule has 136 valence electrons. The maximum Gasteiger partial charge on any atom is 0.262 e. The second-order valence-electron chi connectivity index (χ2n) is 5.99. The van der Waals surface area contributed by atoms with Crippen LogP contribution in [0.2, 0.25) is 0 Å². The first-order valence-electron chi connectivity index (χ1n) is 7.94. The van der Waals surface area contributed by atoms with Crippen LogP contribution >= 0.6 is 11.8 Å². The monoisotopic (exact) mass is 394 g/mol. The normalized spacial score (nSPS) is 19.1. The number of hydrogen-bond donors (Lipinski definition) is 2. The topological polar surface area (TPSA) is 84.5 Å². The molecule has 0 bridgehead atoms. The van der Waals surface area contributed by atoms with Crippen molar-refractivity contribution in [1.82, 2.24) is 4.72 Å². The van der Waals surface area contributed by atoms with E-state index < -0.39 is 21.9 Å². The number of thioether (sulfide) groups is 1. The number of sulfonamides is 1. The van der Waals surface area contributed by atoms with Gasteiger partial charge in [-0.2, -0.15) is 0 Å². The molecule has 2 aliphatic rings. The lowest BCUT2D eigenvalue weighted by Crippen LogP contribution is -2.31. The van der Waals surface area contributed by atoms with Gasteiger partial charge in [0.15, 0.2) is 6.61 Å². The van der Waals surface area contributed by atoms with Crippen molar-refractivity contribution in [3.63, 3.8) is 0 Å². The highest BCUT2D eigenvalue weighted by Crippen LogP contribution is 2.37. The first kappa shape index (κ1) is 17.3. The highest BCUT2D eigenvalue weighted by molar-refractivity contribution is 7.99. The van der Waals surface area contributed by atoms with Gasteiger partial charge in [-0.3, -0.25) is 4.79 Å². The minimum atomic E-state index is -3.85. The zero-order valence-corrected chi connectivity index (χ0v) is 15.1. The lowest BCUT2D eigenvalue weighted by atomic mass is 10.0. The fraction of sp³-hybridized carbons (Fsp3) is 0.235. The molecule has 0 saturated heterocycles. The van der Waals surface area contributed by atoms with Crippen LogP contribution in [0.15, 0.2) is 46.2 Å². The average molecular weight is 394 g/mol. The van der Waals surface area contributed by atoms with Gasteiger partial charge < -0.3 is 10.1 Å². The molecule has 1 amide bonds. The number of ether oxygens (including phenoxy) is 1. The molecule has 0 spiro atoms. The van der Waals surface area contributed by atoms with Crippen LogP contribution in [-0.4, -0.2) is 26.7 Å². The summed E-state index contributed by atoms with van der Waals surface area (Å²) in [6.07, 6.45) is 0.561. The van der Waals surface area contributed by atoms with Crippen LogP contribution in [0.5, 0.6) is 5.75 Å². The number of benzene rings is 2. The summed E-state index contributed by atoms with van der Waals surface area (Å²) < 4.78 is 47.1. The highest BCUT2D eigenvalue weighted by Gasteiger charge is 2.28. The summed E-state index contributed by atoms with van der Waals surface area (Å²) in [5, 5.41) is 2.59. The van der Waals surface area contributed by atoms with Gasteiger partial charge in [-0.15, -0.1) is 11.8 Å². The first-order chi connectivity index (χ1) is 12.4. The predicted octanol–water partition coefficient (Wildman–Crippen LogP) is 2.67. The molecule has 6 nitrogen and oxygen atoms in total. The fourth-order valence-electron chi connectivity index (χ4n) is 2.97. The number of amides is 1. The third kappa shape index (κ3) is 3.29. The number of halogens is 1. The standard InChI is InChI=1S/C17H15FN2O4S2/c18-10-1-4-16-12(7-10)13(5-6-25-16)20-26(22,23)11-2-3-15-14(8-11)19-17(21)9-24-15/h1-4,7-8,13,20H,5-6,9H2,(H,19,21)/t13-/m1/s1. The van der Waals surface area contributed by atoms with Crippen molar-refractivity contribution < 1.29 is 22.3 Å². The van der Waals surface area contributed by atoms with Crippen molar-refractivity contribution in [2.45, 2.75) is 22.3 Å². The molecule has 0 fully saturated rings. The van der Waals surface area contributed by atoms with E-state index in [-0.39, 0.29) is 17.4 Å². The summed E-state index contributed by atoms with van der Waals surface area (Å²) in [5.41, 5.74) is 0.953. The Balaban J connectivity index is 1.64. The van der Waals surface area contributed by atoms with Crippen LogP contribution in [0.4, 0.5) is 10.1 Å². The molecule has 0 unspecified atom stereocenters. The van der Waals surface area contributed by atoms with Gasteiger partial charge in [0.2, 0.25) is 10.0 Å². The molecule has 0 radical (unpaired) electrons. The van der Waals surface area contributed by atoms with Gasteiger partial charge in [-0.05, 0) is 54.1 Å². The molecule has 4 rings (SSSR count). The summed E-state index contributed by atoms with van der Waals surface area (Å²) in [6.45, 7) is -0.0978. The number of carbonyl (C=O) groups excluding carboxylic acids is 1. The number of anilines is 1. The fourth-order valence-corrected chi connectivity index (χ4v) is 5.35. The summed E-state index contributed by atoms with van der Waals surface area (Å²) in [7, 11) is -3.85. The lowest BCUT2D eigenvalue weighted by molar-refractivity contribution is -0.118.